The van der Waals surface area contributed by atoms with Crippen molar-refractivity contribution < 1.29 is 32.4 Å². The first-order valence-corrected chi connectivity index (χ1v) is 12.8. The third-order valence-electron chi connectivity index (χ3n) is 6.18. The molecule has 2 amide bonds. The first-order valence-electron chi connectivity index (χ1n) is 12.0. The van der Waals surface area contributed by atoms with Crippen LogP contribution in [0.2, 0.25) is 0 Å². The summed E-state index contributed by atoms with van der Waals surface area (Å²) in [6.45, 7) is 12.6. The van der Waals surface area contributed by atoms with Crippen molar-refractivity contribution in [2.45, 2.75) is 89.2 Å². The molecule has 2 aliphatic heterocycles. The zero-order valence-corrected chi connectivity index (χ0v) is 22.5. The average molecular weight is 530 g/mol. The zero-order valence-electron chi connectivity index (χ0n) is 21.7. The third kappa shape index (κ3) is 5.99. The molecular weight excluding hydrogens is 495 g/mol. The minimum Gasteiger partial charge on any atom is -0.367 e. The summed E-state index contributed by atoms with van der Waals surface area (Å²) >= 11 is 1.03. The number of rotatable bonds is 4. The van der Waals surface area contributed by atoms with Crippen molar-refractivity contribution >= 4 is 35.2 Å². The molecule has 36 heavy (non-hydrogen) atoms. The SMILES string of the molecule is CC(C)N(C(=O)c1cc2c(cc1C(F)(F)F)SC(C)(C)C(=O)N2)C1CCCN(OC(=O)C(C)(C)C)C1. The van der Waals surface area contributed by atoms with E-state index in [1.165, 1.54) is 9.96 Å². The lowest BCUT2D eigenvalue weighted by Gasteiger charge is -2.41. The number of halogens is 3. The predicted octanol–water partition coefficient (Wildman–Crippen LogP) is 5.35. The molecule has 11 heteroatoms. The Morgan fingerprint density at radius 2 is 1.86 bits per heavy atom. The van der Waals surface area contributed by atoms with E-state index in [-0.39, 0.29) is 23.0 Å². The maximum absolute atomic E-state index is 14.1. The normalized spacial score (nSPS) is 20.5. The Hall–Kier alpha value is -2.27. The molecule has 1 atom stereocenters. The molecule has 1 aromatic carbocycles. The Morgan fingerprint density at radius 1 is 1.22 bits per heavy atom. The van der Waals surface area contributed by atoms with Crippen molar-refractivity contribution in [3.63, 3.8) is 0 Å². The van der Waals surface area contributed by atoms with E-state index in [0.29, 0.717) is 19.4 Å². The van der Waals surface area contributed by atoms with Gasteiger partial charge in [0.15, 0.2) is 0 Å². The number of anilines is 1. The number of piperidine rings is 1. The van der Waals surface area contributed by atoms with Crippen LogP contribution in [0.25, 0.3) is 0 Å². The fourth-order valence-corrected chi connectivity index (χ4v) is 5.30. The van der Waals surface area contributed by atoms with E-state index in [1.54, 1.807) is 48.5 Å². The predicted molar refractivity (Wildman–Crippen MR) is 131 cm³/mol. The number of thioether (sulfide) groups is 1. The largest absolute Gasteiger partial charge is 0.417 e. The second-order valence-electron chi connectivity index (χ2n) is 11.1. The van der Waals surface area contributed by atoms with Crippen LogP contribution in [-0.4, -0.2) is 57.7 Å². The van der Waals surface area contributed by atoms with Crippen LogP contribution in [0.3, 0.4) is 0 Å². The van der Waals surface area contributed by atoms with Gasteiger partial charge < -0.3 is 15.1 Å². The van der Waals surface area contributed by atoms with E-state index in [4.69, 9.17) is 4.84 Å². The summed E-state index contributed by atoms with van der Waals surface area (Å²) in [6, 6.07) is 1.21. The van der Waals surface area contributed by atoms with Gasteiger partial charge in [-0.2, -0.15) is 13.2 Å². The van der Waals surface area contributed by atoms with Gasteiger partial charge in [0.1, 0.15) is 0 Å². The molecule has 0 bridgehead atoms. The van der Waals surface area contributed by atoms with Crippen molar-refractivity contribution in [2.75, 3.05) is 18.4 Å². The van der Waals surface area contributed by atoms with E-state index < -0.39 is 51.4 Å². The van der Waals surface area contributed by atoms with Gasteiger partial charge in [0.2, 0.25) is 5.91 Å². The van der Waals surface area contributed by atoms with Gasteiger partial charge >= 0.3 is 12.1 Å². The number of benzene rings is 1. The molecule has 2 aliphatic rings. The number of carbonyl (C=O) groups is 3. The van der Waals surface area contributed by atoms with Gasteiger partial charge in [0.05, 0.1) is 33.5 Å². The quantitative estimate of drug-likeness (QED) is 0.567. The van der Waals surface area contributed by atoms with Gasteiger partial charge in [0.25, 0.3) is 5.91 Å². The Balaban J connectivity index is 1.97. The zero-order chi connectivity index (χ0) is 27.2. The molecular formula is C25H34F3N3O4S. The molecule has 0 aromatic heterocycles. The first kappa shape index (κ1) is 28.3. The fraction of sp³-hybridized carbons (Fsp3) is 0.640. The summed E-state index contributed by atoms with van der Waals surface area (Å²) in [6.07, 6.45) is -3.60. The van der Waals surface area contributed by atoms with E-state index in [9.17, 15) is 27.6 Å². The summed E-state index contributed by atoms with van der Waals surface area (Å²) in [5.74, 6) is -1.54. The van der Waals surface area contributed by atoms with Crippen molar-refractivity contribution in [3.8, 4) is 0 Å². The Bertz CT molecular complexity index is 1050. The fourth-order valence-electron chi connectivity index (χ4n) is 4.21. The number of carbonyl (C=O) groups excluding carboxylic acids is 3. The molecule has 1 unspecified atom stereocenters. The van der Waals surface area contributed by atoms with Gasteiger partial charge in [-0.1, -0.05) is 0 Å². The molecule has 0 radical (unpaired) electrons. The summed E-state index contributed by atoms with van der Waals surface area (Å²) in [7, 11) is 0. The lowest BCUT2D eigenvalue weighted by Crippen LogP contribution is -2.53. The molecule has 2 heterocycles. The summed E-state index contributed by atoms with van der Waals surface area (Å²) < 4.78 is 41.5. The molecule has 1 saturated heterocycles. The highest BCUT2D eigenvalue weighted by atomic mass is 32.2. The molecule has 0 aliphatic carbocycles. The molecule has 1 fully saturated rings. The number of alkyl halides is 3. The average Bonchev–Trinajstić information content (AvgIpc) is 2.72. The van der Waals surface area contributed by atoms with Gasteiger partial charge in [-0.25, -0.2) is 4.79 Å². The van der Waals surface area contributed by atoms with Crippen molar-refractivity contribution in [2.24, 2.45) is 5.41 Å². The highest BCUT2D eigenvalue weighted by Crippen LogP contribution is 2.46. The summed E-state index contributed by atoms with van der Waals surface area (Å²) in [5, 5.41) is 4.14. The van der Waals surface area contributed by atoms with Gasteiger partial charge in [0, 0.05) is 23.5 Å². The lowest BCUT2D eigenvalue weighted by molar-refractivity contribution is -0.208. The van der Waals surface area contributed by atoms with Crippen LogP contribution in [0, 0.1) is 5.41 Å². The van der Waals surface area contributed by atoms with Gasteiger partial charge in [-0.15, -0.1) is 16.8 Å². The Kier molecular flexibility index (Phi) is 7.77. The molecule has 1 N–H and O–H groups in total. The number of nitrogens with zero attached hydrogens (tertiary/aromatic N) is 2. The van der Waals surface area contributed by atoms with E-state index in [2.05, 4.69) is 5.32 Å². The Morgan fingerprint density at radius 3 is 2.42 bits per heavy atom. The molecule has 7 nitrogen and oxygen atoms in total. The summed E-state index contributed by atoms with van der Waals surface area (Å²) in [4.78, 5) is 45.7. The van der Waals surface area contributed by atoms with Crippen LogP contribution < -0.4 is 5.32 Å². The second kappa shape index (κ2) is 9.89. The number of hydroxylamine groups is 2. The Labute approximate surface area is 214 Å². The third-order valence-corrected chi connectivity index (χ3v) is 7.44. The first-order chi connectivity index (χ1) is 16.4. The second-order valence-corrected chi connectivity index (χ2v) is 12.7. The van der Waals surface area contributed by atoms with Gasteiger partial charge in [-0.3, -0.25) is 9.59 Å². The van der Waals surface area contributed by atoms with Crippen LogP contribution in [0.15, 0.2) is 17.0 Å². The lowest BCUT2D eigenvalue weighted by atomic mass is 9.97. The monoisotopic (exact) mass is 529 g/mol. The molecule has 1 aromatic rings. The minimum absolute atomic E-state index is 0.189. The van der Waals surface area contributed by atoms with Gasteiger partial charge in [-0.05, 0) is 73.4 Å². The van der Waals surface area contributed by atoms with Crippen molar-refractivity contribution in [3.05, 3.63) is 23.3 Å². The molecule has 0 spiro atoms. The number of nitrogens with one attached hydrogen (secondary N) is 1. The number of hydrogen-bond donors (Lipinski definition) is 1. The molecule has 200 valence electrons. The van der Waals surface area contributed by atoms with Crippen LogP contribution in [0.1, 0.15) is 77.2 Å². The van der Waals surface area contributed by atoms with Crippen molar-refractivity contribution in [1.29, 1.82) is 0 Å². The van der Waals surface area contributed by atoms with Crippen LogP contribution in [-0.2, 0) is 20.6 Å². The van der Waals surface area contributed by atoms with Crippen LogP contribution in [0.5, 0.6) is 0 Å². The maximum Gasteiger partial charge on any atom is 0.417 e. The van der Waals surface area contributed by atoms with Crippen LogP contribution in [0.4, 0.5) is 18.9 Å². The highest BCUT2D eigenvalue weighted by Gasteiger charge is 2.42. The van der Waals surface area contributed by atoms with Crippen molar-refractivity contribution in [1.82, 2.24) is 9.96 Å². The number of fused-ring (bicyclic) bond motifs is 1. The maximum atomic E-state index is 14.1. The van der Waals surface area contributed by atoms with E-state index in [0.717, 1.165) is 23.9 Å². The van der Waals surface area contributed by atoms with E-state index >= 15 is 0 Å². The standard InChI is InChI=1S/C25H34F3N3O4S/c1-14(2)31(15-9-8-10-30(13-15)35-22(34)23(3,4)5)20(32)16-11-18-19(12-17(16)25(26,27)28)36-24(6,7)21(33)29-18/h11-12,14-15H,8-10,13H2,1-7H3,(H,29,33). The topological polar surface area (TPSA) is 79.0 Å². The van der Waals surface area contributed by atoms with Crippen LogP contribution >= 0.6 is 11.8 Å². The smallest absolute Gasteiger partial charge is 0.367 e. The number of amides is 2. The minimum atomic E-state index is -4.77. The molecule has 0 saturated carbocycles. The number of hydrogen-bond acceptors (Lipinski definition) is 6. The summed E-state index contributed by atoms with van der Waals surface area (Å²) in [5.41, 5.74) is -2.08. The molecule has 3 rings (SSSR count). The highest BCUT2D eigenvalue weighted by molar-refractivity contribution is 8.01. The van der Waals surface area contributed by atoms with E-state index in [1.807, 2.05) is 0 Å².